The molecule has 1 aromatic rings. The highest BCUT2D eigenvalue weighted by Gasteiger charge is 2.22. The molecule has 0 radical (unpaired) electrons. The topological polar surface area (TPSA) is 34.2 Å². The Labute approximate surface area is 109 Å². The Morgan fingerprint density at radius 2 is 2.50 bits per heavy atom. The van der Waals surface area contributed by atoms with Gasteiger partial charge in [0.25, 0.3) is 0 Å². The third-order valence-corrected chi connectivity index (χ3v) is 3.60. The van der Waals surface area contributed by atoms with Crippen molar-refractivity contribution in [2.24, 2.45) is 5.92 Å². The molecule has 0 amide bonds. The Balaban J connectivity index is 2.04. The van der Waals surface area contributed by atoms with E-state index in [1.807, 2.05) is 6.07 Å². The van der Waals surface area contributed by atoms with E-state index in [1.54, 1.807) is 6.20 Å². The number of hydrogen-bond donors (Lipinski definition) is 1. The molecule has 0 aromatic carbocycles. The van der Waals surface area contributed by atoms with Crippen LogP contribution >= 0.6 is 27.5 Å². The zero-order valence-corrected chi connectivity index (χ0v) is 11.4. The van der Waals surface area contributed by atoms with Gasteiger partial charge in [0.2, 0.25) is 0 Å². The number of hydrogen-bond acceptors (Lipinski definition) is 3. The van der Waals surface area contributed by atoms with Crippen LogP contribution in [0.25, 0.3) is 0 Å². The summed E-state index contributed by atoms with van der Waals surface area (Å²) in [6.07, 6.45) is 2.80. The molecule has 3 nitrogen and oxygen atoms in total. The number of rotatable bonds is 3. The summed E-state index contributed by atoms with van der Waals surface area (Å²) in [5, 5.41) is 3.90. The van der Waals surface area contributed by atoms with Gasteiger partial charge in [-0.1, -0.05) is 11.6 Å². The van der Waals surface area contributed by atoms with Crippen molar-refractivity contribution in [1.29, 1.82) is 0 Å². The molecule has 1 aliphatic heterocycles. The average molecular weight is 306 g/mol. The molecule has 88 valence electrons. The standard InChI is InChI=1S/C11H14BrClN2O/c1-7(8-2-3-16-6-8)15-10-4-9(12)5-14-11(10)13/h4-5,7-8,15H,2-3,6H2,1H3. The van der Waals surface area contributed by atoms with E-state index in [9.17, 15) is 0 Å². The molecule has 1 aromatic heterocycles. The maximum Gasteiger partial charge on any atom is 0.152 e. The monoisotopic (exact) mass is 304 g/mol. The summed E-state index contributed by atoms with van der Waals surface area (Å²) in [7, 11) is 0. The molecule has 0 spiro atoms. The first-order valence-corrected chi connectivity index (χ1v) is 6.49. The van der Waals surface area contributed by atoms with E-state index in [0.717, 1.165) is 29.8 Å². The molecule has 0 saturated carbocycles. The zero-order valence-electron chi connectivity index (χ0n) is 9.04. The van der Waals surface area contributed by atoms with Gasteiger partial charge < -0.3 is 10.1 Å². The van der Waals surface area contributed by atoms with Crippen molar-refractivity contribution in [3.63, 3.8) is 0 Å². The number of nitrogens with zero attached hydrogens (tertiary/aromatic N) is 1. The highest BCUT2D eigenvalue weighted by Crippen LogP contribution is 2.26. The fourth-order valence-electron chi connectivity index (χ4n) is 1.83. The molecular formula is C11H14BrClN2O. The summed E-state index contributed by atoms with van der Waals surface area (Å²) >= 11 is 9.41. The summed E-state index contributed by atoms with van der Waals surface area (Å²) in [6, 6.07) is 2.29. The van der Waals surface area contributed by atoms with E-state index in [0.29, 0.717) is 17.1 Å². The van der Waals surface area contributed by atoms with Crippen LogP contribution in [-0.2, 0) is 4.74 Å². The van der Waals surface area contributed by atoms with Crippen LogP contribution < -0.4 is 5.32 Å². The summed E-state index contributed by atoms with van der Waals surface area (Å²) in [5.41, 5.74) is 0.871. The first-order chi connectivity index (χ1) is 7.66. The highest BCUT2D eigenvalue weighted by atomic mass is 79.9. The minimum atomic E-state index is 0.344. The number of anilines is 1. The van der Waals surface area contributed by atoms with Crippen LogP contribution in [0, 0.1) is 5.92 Å². The van der Waals surface area contributed by atoms with Crippen LogP contribution in [-0.4, -0.2) is 24.2 Å². The molecule has 0 aliphatic carbocycles. The summed E-state index contributed by atoms with van der Waals surface area (Å²) < 4.78 is 6.30. The van der Waals surface area contributed by atoms with Gasteiger partial charge in [0.1, 0.15) is 0 Å². The lowest BCUT2D eigenvalue weighted by atomic mass is 10.0. The van der Waals surface area contributed by atoms with E-state index >= 15 is 0 Å². The van der Waals surface area contributed by atoms with Crippen LogP contribution in [0.5, 0.6) is 0 Å². The molecule has 2 atom stereocenters. The van der Waals surface area contributed by atoms with Crippen molar-refractivity contribution in [3.05, 3.63) is 21.9 Å². The Morgan fingerprint density at radius 3 is 3.19 bits per heavy atom. The second kappa shape index (κ2) is 5.34. The smallest absolute Gasteiger partial charge is 0.152 e. The van der Waals surface area contributed by atoms with Crippen molar-refractivity contribution >= 4 is 33.2 Å². The van der Waals surface area contributed by atoms with Gasteiger partial charge in [-0.3, -0.25) is 0 Å². The third kappa shape index (κ3) is 2.87. The molecule has 5 heteroatoms. The lowest BCUT2D eigenvalue weighted by Gasteiger charge is -2.20. The lowest BCUT2D eigenvalue weighted by molar-refractivity contribution is 0.183. The van der Waals surface area contributed by atoms with E-state index in [2.05, 4.69) is 33.2 Å². The number of aromatic nitrogens is 1. The molecular weight excluding hydrogens is 291 g/mol. The summed E-state index contributed by atoms with van der Waals surface area (Å²) in [5.74, 6) is 0.551. The van der Waals surface area contributed by atoms with Crippen molar-refractivity contribution in [2.75, 3.05) is 18.5 Å². The van der Waals surface area contributed by atoms with Crippen molar-refractivity contribution < 1.29 is 4.74 Å². The molecule has 2 heterocycles. The third-order valence-electron chi connectivity index (χ3n) is 2.86. The maximum absolute atomic E-state index is 6.02. The predicted octanol–water partition coefficient (Wildman–Crippen LogP) is 3.33. The number of halogens is 2. The predicted molar refractivity (Wildman–Crippen MR) is 69.0 cm³/mol. The first kappa shape index (κ1) is 12.1. The summed E-state index contributed by atoms with van der Waals surface area (Å²) in [4.78, 5) is 4.08. The molecule has 1 N–H and O–H groups in total. The lowest BCUT2D eigenvalue weighted by Crippen LogP contribution is -2.26. The Kier molecular flexibility index (Phi) is 4.05. The second-order valence-corrected chi connectivity index (χ2v) is 5.32. The van der Waals surface area contributed by atoms with Crippen LogP contribution in [0.3, 0.4) is 0 Å². The van der Waals surface area contributed by atoms with Crippen molar-refractivity contribution in [2.45, 2.75) is 19.4 Å². The minimum absolute atomic E-state index is 0.344. The Bertz CT molecular complexity index is 369. The molecule has 1 fully saturated rings. The quantitative estimate of drug-likeness (QED) is 0.870. The SMILES string of the molecule is CC(Nc1cc(Br)cnc1Cl)C1CCOC1. The Morgan fingerprint density at radius 1 is 1.69 bits per heavy atom. The first-order valence-electron chi connectivity index (χ1n) is 5.32. The van der Waals surface area contributed by atoms with Crippen LogP contribution in [0.4, 0.5) is 5.69 Å². The van der Waals surface area contributed by atoms with E-state index in [4.69, 9.17) is 16.3 Å². The van der Waals surface area contributed by atoms with Crippen molar-refractivity contribution in [3.8, 4) is 0 Å². The van der Waals surface area contributed by atoms with Gasteiger partial charge in [-0.2, -0.15) is 0 Å². The molecule has 0 bridgehead atoms. The fraction of sp³-hybridized carbons (Fsp3) is 0.545. The van der Waals surface area contributed by atoms with Crippen LogP contribution in [0.2, 0.25) is 5.15 Å². The fourth-order valence-corrected chi connectivity index (χ4v) is 2.32. The number of ether oxygens (including phenoxy) is 1. The normalized spacial score (nSPS) is 22.1. The Hall–Kier alpha value is -0.320. The molecule has 1 aliphatic rings. The second-order valence-electron chi connectivity index (χ2n) is 4.05. The van der Waals surface area contributed by atoms with Gasteiger partial charge in [-0.25, -0.2) is 4.98 Å². The van der Waals surface area contributed by atoms with Gasteiger partial charge in [-0.15, -0.1) is 0 Å². The van der Waals surface area contributed by atoms with E-state index in [1.165, 1.54) is 0 Å². The van der Waals surface area contributed by atoms with Crippen LogP contribution in [0.15, 0.2) is 16.7 Å². The van der Waals surface area contributed by atoms with Gasteiger partial charge >= 0.3 is 0 Å². The summed E-state index contributed by atoms with van der Waals surface area (Å²) in [6.45, 7) is 3.84. The average Bonchev–Trinajstić information content (AvgIpc) is 2.76. The van der Waals surface area contributed by atoms with Crippen LogP contribution in [0.1, 0.15) is 13.3 Å². The van der Waals surface area contributed by atoms with Gasteiger partial charge in [0.15, 0.2) is 5.15 Å². The largest absolute Gasteiger partial charge is 0.381 e. The molecule has 2 rings (SSSR count). The molecule has 1 saturated heterocycles. The van der Waals surface area contributed by atoms with Gasteiger partial charge in [0.05, 0.1) is 12.3 Å². The highest BCUT2D eigenvalue weighted by molar-refractivity contribution is 9.10. The van der Waals surface area contributed by atoms with Crippen molar-refractivity contribution in [1.82, 2.24) is 4.98 Å². The van der Waals surface area contributed by atoms with E-state index < -0.39 is 0 Å². The molecule has 16 heavy (non-hydrogen) atoms. The van der Waals surface area contributed by atoms with Gasteiger partial charge in [0, 0.05) is 29.2 Å². The zero-order chi connectivity index (χ0) is 11.5. The number of pyridine rings is 1. The van der Waals surface area contributed by atoms with Gasteiger partial charge in [-0.05, 0) is 35.3 Å². The van der Waals surface area contributed by atoms with E-state index in [-0.39, 0.29) is 0 Å². The molecule has 2 unspecified atom stereocenters. The number of nitrogens with one attached hydrogen (secondary N) is 1. The minimum Gasteiger partial charge on any atom is -0.381 e. The maximum atomic E-state index is 6.02.